The second kappa shape index (κ2) is 5.70. The highest BCUT2D eigenvalue weighted by molar-refractivity contribution is 7.99. The van der Waals surface area contributed by atoms with Crippen molar-refractivity contribution < 1.29 is 4.79 Å². The maximum Gasteiger partial charge on any atom is 0.244 e. The molecular weight excluding hydrogens is 288 g/mol. The Kier molecular flexibility index (Phi) is 4.11. The van der Waals surface area contributed by atoms with E-state index in [-0.39, 0.29) is 11.7 Å². The van der Waals surface area contributed by atoms with Crippen molar-refractivity contribution in [2.24, 2.45) is 0 Å². The summed E-state index contributed by atoms with van der Waals surface area (Å²) in [7, 11) is 0. The van der Waals surface area contributed by atoms with E-state index in [9.17, 15) is 4.79 Å². The van der Waals surface area contributed by atoms with Crippen molar-refractivity contribution in [3.63, 3.8) is 0 Å². The van der Waals surface area contributed by atoms with Gasteiger partial charge in [-0.1, -0.05) is 6.92 Å². The molecule has 2 aliphatic rings. The average Bonchev–Trinajstić information content (AvgIpc) is 2.91. The van der Waals surface area contributed by atoms with Gasteiger partial charge in [0.25, 0.3) is 0 Å². The number of thiophene rings is 1. The van der Waals surface area contributed by atoms with Gasteiger partial charge in [0.05, 0.1) is 0 Å². The fraction of sp³-hybridized carbons (Fsp3) is 0.667. The molecule has 1 saturated heterocycles. The van der Waals surface area contributed by atoms with Gasteiger partial charge in [-0.15, -0.1) is 0 Å². The molecule has 1 aromatic heterocycles. The summed E-state index contributed by atoms with van der Waals surface area (Å²) in [5, 5.41) is 7.84. The summed E-state index contributed by atoms with van der Waals surface area (Å²) in [6, 6.07) is 2.44. The van der Waals surface area contributed by atoms with Gasteiger partial charge >= 0.3 is 0 Å². The first-order valence-corrected chi connectivity index (χ1v) is 9.48. The number of hydrogen-bond donors (Lipinski definition) is 1. The van der Waals surface area contributed by atoms with E-state index in [0.717, 1.165) is 30.8 Å². The Balaban J connectivity index is 1.76. The molecule has 0 bridgehead atoms. The largest absolute Gasteiger partial charge is 0.319 e. The minimum absolute atomic E-state index is 0.0814. The molecule has 20 heavy (non-hydrogen) atoms. The predicted molar refractivity (Wildman–Crippen MR) is 86.1 cm³/mol. The lowest BCUT2D eigenvalue weighted by Gasteiger charge is -2.30. The number of carbonyl (C=O) groups is 1. The molecule has 2 heterocycles. The molecule has 2 unspecified atom stereocenters. The predicted octanol–water partition coefficient (Wildman–Crippen LogP) is 3.24. The van der Waals surface area contributed by atoms with Crippen LogP contribution in [0.2, 0.25) is 0 Å². The van der Waals surface area contributed by atoms with Gasteiger partial charge in [-0.05, 0) is 60.1 Å². The van der Waals surface area contributed by atoms with Crippen molar-refractivity contribution in [1.82, 2.24) is 10.2 Å². The third-order valence-electron chi connectivity index (χ3n) is 4.30. The molecule has 1 aromatic rings. The van der Waals surface area contributed by atoms with Crippen LogP contribution in [0.3, 0.4) is 0 Å². The maximum atomic E-state index is 12.7. The summed E-state index contributed by atoms with van der Waals surface area (Å²) in [6.45, 7) is 4.38. The zero-order chi connectivity index (χ0) is 14.2. The Morgan fingerprint density at radius 1 is 1.60 bits per heavy atom. The third kappa shape index (κ3) is 2.51. The van der Waals surface area contributed by atoms with Crippen LogP contribution in [0.5, 0.6) is 0 Å². The molecule has 0 radical (unpaired) electrons. The highest BCUT2D eigenvalue weighted by atomic mass is 32.2. The SMILES string of the molecule is CCSCCC(C)N1C(=O)C2(CC2)NC1c1ccsc1. The molecule has 1 aliphatic carbocycles. The van der Waals surface area contributed by atoms with Crippen LogP contribution in [-0.2, 0) is 4.79 Å². The Labute approximate surface area is 129 Å². The van der Waals surface area contributed by atoms with Crippen molar-refractivity contribution in [1.29, 1.82) is 0 Å². The number of nitrogens with zero attached hydrogens (tertiary/aromatic N) is 1. The first-order valence-electron chi connectivity index (χ1n) is 7.38. The molecule has 1 spiro atoms. The van der Waals surface area contributed by atoms with E-state index in [1.807, 2.05) is 11.8 Å². The first kappa shape index (κ1) is 14.4. The Bertz CT molecular complexity index is 470. The van der Waals surface area contributed by atoms with Crippen LogP contribution in [-0.4, -0.2) is 33.9 Å². The first-order chi connectivity index (χ1) is 9.68. The standard InChI is InChI=1S/C15H22N2OS2/c1-3-19-8-4-11(2)17-13(12-5-9-20-10-12)16-15(6-7-15)14(17)18/h5,9-11,13,16H,3-4,6-8H2,1-2H3. The van der Waals surface area contributed by atoms with Crippen molar-refractivity contribution in [3.8, 4) is 0 Å². The lowest BCUT2D eigenvalue weighted by Crippen LogP contribution is -2.39. The van der Waals surface area contributed by atoms with Crippen LogP contribution in [0, 0.1) is 0 Å². The minimum Gasteiger partial charge on any atom is -0.319 e. The molecule has 0 aromatic carbocycles. The highest BCUT2D eigenvalue weighted by Gasteiger charge is 2.60. The van der Waals surface area contributed by atoms with Gasteiger partial charge in [-0.2, -0.15) is 23.1 Å². The van der Waals surface area contributed by atoms with Gasteiger partial charge in [0.15, 0.2) is 0 Å². The summed E-state index contributed by atoms with van der Waals surface area (Å²) in [5.41, 5.74) is 1.01. The molecule has 110 valence electrons. The highest BCUT2D eigenvalue weighted by Crippen LogP contribution is 2.47. The van der Waals surface area contributed by atoms with Crippen LogP contribution >= 0.6 is 23.1 Å². The van der Waals surface area contributed by atoms with Crippen LogP contribution in [0.15, 0.2) is 16.8 Å². The Hall–Kier alpha value is -0.520. The van der Waals surface area contributed by atoms with E-state index in [0.29, 0.717) is 11.9 Å². The van der Waals surface area contributed by atoms with E-state index in [4.69, 9.17) is 0 Å². The lowest BCUT2D eigenvalue weighted by molar-refractivity contribution is -0.132. The van der Waals surface area contributed by atoms with Gasteiger partial charge in [-0.3, -0.25) is 10.1 Å². The number of carbonyl (C=O) groups excluding carboxylic acids is 1. The van der Waals surface area contributed by atoms with E-state index in [1.165, 1.54) is 5.56 Å². The summed E-state index contributed by atoms with van der Waals surface area (Å²) in [4.78, 5) is 14.8. The zero-order valence-electron chi connectivity index (χ0n) is 12.1. The number of amides is 1. The topological polar surface area (TPSA) is 32.3 Å². The fourth-order valence-electron chi connectivity index (χ4n) is 2.91. The van der Waals surface area contributed by atoms with Gasteiger partial charge < -0.3 is 4.90 Å². The quantitative estimate of drug-likeness (QED) is 0.819. The monoisotopic (exact) mass is 310 g/mol. The molecule has 1 N–H and O–H groups in total. The zero-order valence-corrected chi connectivity index (χ0v) is 13.7. The molecule has 3 nitrogen and oxygen atoms in total. The van der Waals surface area contributed by atoms with Crippen LogP contribution in [0.25, 0.3) is 0 Å². The van der Waals surface area contributed by atoms with E-state index in [1.54, 1.807) is 11.3 Å². The normalized spacial score (nSPS) is 25.4. The van der Waals surface area contributed by atoms with Gasteiger partial charge in [-0.25, -0.2) is 0 Å². The van der Waals surface area contributed by atoms with Crippen LogP contribution in [0.4, 0.5) is 0 Å². The molecule has 5 heteroatoms. The molecular formula is C15H22N2OS2. The van der Waals surface area contributed by atoms with Crippen molar-refractivity contribution >= 4 is 29.0 Å². The Morgan fingerprint density at radius 3 is 3.00 bits per heavy atom. The Morgan fingerprint density at radius 2 is 2.40 bits per heavy atom. The van der Waals surface area contributed by atoms with E-state index in [2.05, 4.69) is 40.9 Å². The molecule has 2 atom stereocenters. The third-order valence-corrected chi connectivity index (χ3v) is 5.94. The van der Waals surface area contributed by atoms with Crippen molar-refractivity contribution in [2.45, 2.75) is 50.9 Å². The molecule has 1 saturated carbocycles. The minimum atomic E-state index is -0.223. The smallest absolute Gasteiger partial charge is 0.244 e. The molecule has 3 rings (SSSR count). The number of hydrogen-bond acceptors (Lipinski definition) is 4. The van der Waals surface area contributed by atoms with Crippen LogP contribution < -0.4 is 5.32 Å². The summed E-state index contributed by atoms with van der Waals surface area (Å²) >= 11 is 3.66. The molecule has 2 fully saturated rings. The number of thioether (sulfide) groups is 1. The fourth-order valence-corrected chi connectivity index (χ4v) is 4.38. The van der Waals surface area contributed by atoms with Crippen molar-refractivity contribution in [2.75, 3.05) is 11.5 Å². The van der Waals surface area contributed by atoms with E-state index >= 15 is 0 Å². The molecule has 1 aliphatic heterocycles. The summed E-state index contributed by atoms with van der Waals surface area (Å²) in [6.07, 6.45) is 3.15. The van der Waals surface area contributed by atoms with Gasteiger partial charge in [0.2, 0.25) is 5.91 Å². The molecule has 1 amide bonds. The second-order valence-electron chi connectivity index (χ2n) is 5.73. The summed E-state index contributed by atoms with van der Waals surface area (Å²) < 4.78 is 0. The maximum absolute atomic E-state index is 12.7. The number of nitrogens with one attached hydrogen (secondary N) is 1. The van der Waals surface area contributed by atoms with E-state index < -0.39 is 0 Å². The average molecular weight is 310 g/mol. The summed E-state index contributed by atoms with van der Waals surface area (Å²) in [5.74, 6) is 2.60. The van der Waals surface area contributed by atoms with Crippen molar-refractivity contribution in [3.05, 3.63) is 22.4 Å². The lowest BCUT2D eigenvalue weighted by atomic mass is 10.1. The second-order valence-corrected chi connectivity index (χ2v) is 7.91. The number of rotatable bonds is 6. The van der Waals surface area contributed by atoms with Gasteiger partial charge in [0, 0.05) is 6.04 Å². The van der Waals surface area contributed by atoms with Crippen LogP contribution in [0.1, 0.15) is 44.8 Å². The van der Waals surface area contributed by atoms with Gasteiger partial charge in [0.1, 0.15) is 11.7 Å².